The fourth-order valence-electron chi connectivity index (χ4n) is 5.08. The fourth-order valence-corrected chi connectivity index (χ4v) is 6.68. The Kier molecular flexibility index (Phi) is 9.04. The van der Waals surface area contributed by atoms with Gasteiger partial charge in [0.15, 0.2) is 0 Å². The molecular formula is C35H33ClN4O3S. The predicted octanol–water partition coefficient (Wildman–Crippen LogP) is 7.52. The number of aryl methyl sites for hydroxylation is 3. The molecule has 44 heavy (non-hydrogen) atoms. The number of amides is 1. The number of nitrogens with one attached hydrogen (secondary N) is 1. The van der Waals surface area contributed by atoms with E-state index in [1.807, 2.05) is 39.0 Å². The number of para-hydroxylation sites is 1. The molecule has 0 fully saturated rings. The molecule has 0 saturated carbocycles. The van der Waals surface area contributed by atoms with Gasteiger partial charge in [0.1, 0.15) is 0 Å². The van der Waals surface area contributed by atoms with Gasteiger partial charge in [-0.25, -0.2) is 13.8 Å². The maximum atomic E-state index is 14.0. The molecule has 0 aliphatic rings. The summed E-state index contributed by atoms with van der Waals surface area (Å²) in [7, 11) is -4.06. The summed E-state index contributed by atoms with van der Waals surface area (Å²) in [6.45, 7) is 7.95. The number of hydrazone groups is 1. The third-order valence-electron chi connectivity index (χ3n) is 7.37. The topological polar surface area (TPSA) is 83.8 Å². The number of hydrogen-bond acceptors (Lipinski definition) is 4. The monoisotopic (exact) mass is 624 g/mol. The molecule has 0 aliphatic carbocycles. The van der Waals surface area contributed by atoms with E-state index >= 15 is 0 Å². The molecule has 0 bridgehead atoms. The second kappa shape index (κ2) is 12.9. The van der Waals surface area contributed by atoms with Gasteiger partial charge in [0.05, 0.1) is 28.9 Å². The zero-order valence-electron chi connectivity index (χ0n) is 25.0. The van der Waals surface area contributed by atoms with Crippen LogP contribution in [0.25, 0.3) is 5.69 Å². The highest BCUT2D eigenvalue weighted by Gasteiger charge is 2.28. The van der Waals surface area contributed by atoms with E-state index in [9.17, 15) is 13.2 Å². The first kappa shape index (κ1) is 30.8. The Morgan fingerprint density at radius 3 is 2.27 bits per heavy atom. The van der Waals surface area contributed by atoms with Crippen LogP contribution in [0.2, 0.25) is 5.02 Å². The van der Waals surface area contributed by atoms with E-state index in [0.717, 1.165) is 33.8 Å². The van der Waals surface area contributed by atoms with Crippen molar-refractivity contribution < 1.29 is 13.2 Å². The number of rotatable bonds is 9. The van der Waals surface area contributed by atoms with Gasteiger partial charge in [0.25, 0.3) is 15.9 Å². The van der Waals surface area contributed by atoms with E-state index in [1.165, 1.54) is 4.31 Å². The highest BCUT2D eigenvalue weighted by atomic mass is 35.5. The number of anilines is 1. The van der Waals surface area contributed by atoms with Gasteiger partial charge < -0.3 is 4.57 Å². The molecule has 224 valence electrons. The normalized spacial score (nSPS) is 11.6. The number of carbonyl (C=O) groups is 1. The van der Waals surface area contributed by atoms with Gasteiger partial charge in [0.2, 0.25) is 0 Å². The molecule has 5 rings (SSSR count). The number of halogens is 1. The van der Waals surface area contributed by atoms with Crippen LogP contribution in [-0.4, -0.2) is 25.1 Å². The number of aromatic nitrogens is 1. The Balaban J connectivity index is 1.46. The maximum Gasteiger partial charge on any atom is 0.273 e. The maximum absolute atomic E-state index is 14.0. The molecule has 1 heterocycles. The van der Waals surface area contributed by atoms with E-state index < -0.39 is 15.9 Å². The summed E-state index contributed by atoms with van der Waals surface area (Å²) in [5.74, 6) is -0.537. The summed E-state index contributed by atoms with van der Waals surface area (Å²) in [6.07, 6.45) is 1.60. The predicted molar refractivity (Wildman–Crippen MR) is 177 cm³/mol. The first-order chi connectivity index (χ1) is 21.0. The van der Waals surface area contributed by atoms with Gasteiger partial charge in [0, 0.05) is 27.7 Å². The average Bonchev–Trinajstić information content (AvgIpc) is 3.29. The standard InChI is InChI=1S/C35H33ClN4O3S/c1-24-12-18-32(19-13-24)44(42,43)39(23-28-14-16-30(36)17-15-28)34-11-6-5-10-33(34)35(41)38-37-22-29-21-26(3)40(27(29)4)31-9-7-8-25(2)20-31/h5-22H,23H2,1-4H3,(H,38,41)/b37-22+. The van der Waals surface area contributed by atoms with E-state index in [1.54, 1.807) is 79.0 Å². The Hall–Kier alpha value is -4.66. The minimum absolute atomic E-state index is 0.00805. The Morgan fingerprint density at radius 2 is 1.57 bits per heavy atom. The summed E-state index contributed by atoms with van der Waals surface area (Å²) < 4.78 is 31.5. The van der Waals surface area contributed by atoms with Crippen molar-refractivity contribution in [3.05, 3.63) is 147 Å². The van der Waals surface area contributed by atoms with Crippen LogP contribution < -0.4 is 9.73 Å². The van der Waals surface area contributed by atoms with Crippen molar-refractivity contribution in [3.8, 4) is 5.69 Å². The summed E-state index contributed by atoms with van der Waals surface area (Å²) in [5.41, 5.74) is 9.71. The van der Waals surface area contributed by atoms with Crippen molar-refractivity contribution in [1.29, 1.82) is 0 Å². The van der Waals surface area contributed by atoms with Gasteiger partial charge in [-0.2, -0.15) is 5.10 Å². The number of benzene rings is 4. The smallest absolute Gasteiger partial charge is 0.273 e. The lowest BCUT2D eigenvalue weighted by molar-refractivity contribution is 0.0955. The summed E-state index contributed by atoms with van der Waals surface area (Å²) >= 11 is 6.08. The molecule has 0 aliphatic heterocycles. The average molecular weight is 625 g/mol. The number of hydrogen-bond donors (Lipinski definition) is 1. The van der Waals surface area contributed by atoms with Crippen LogP contribution in [0.1, 0.15) is 44.0 Å². The third-order valence-corrected chi connectivity index (χ3v) is 9.39. The lowest BCUT2D eigenvalue weighted by atomic mass is 10.1. The summed E-state index contributed by atoms with van der Waals surface area (Å²) in [5, 5.41) is 4.79. The van der Waals surface area contributed by atoms with Gasteiger partial charge in [-0.05, 0) is 93.4 Å². The van der Waals surface area contributed by atoms with Gasteiger partial charge in [-0.1, -0.05) is 65.7 Å². The SMILES string of the molecule is Cc1ccc(S(=O)(=O)N(Cc2ccc(Cl)cc2)c2ccccc2C(=O)N/N=C/c2cc(C)n(-c3cccc(C)c3)c2C)cc1. The van der Waals surface area contributed by atoms with Crippen molar-refractivity contribution in [2.24, 2.45) is 5.10 Å². The molecule has 1 N–H and O–H groups in total. The number of sulfonamides is 1. The largest absolute Gasteiger partial charge is 0.318 e. The zero-order valence-corrected chi connectivity index (χ0v) is 26.5. The van der Waals surface area contributed by atoms with Crippen LogP contribution in [0.4, 0.5) is 5.69 Å². The van der Waals surface area contributed by atoms with Crippen LogP contribution in [0.3, 0.4) is 0 Å². The van der Waals surface area contributed by atoms with Crippen molar-refractivity contribution in [1.82, 2.24) is 9.99 Å². The minimum Gasteiger partial charge on any atom is -0.318 e. The second-order valence-corrected chi connectivity index (χ2v) is 13.0. The van der Waals surface area contributed by atoms with Crippen LogP contribution in [0.15, 0.2) is 113 Å². The van der Waals surface area contributed by atoms with Gasteiger partial charge in [-0.15, -0.1) is 0 Å². The Morgan fingerprint density at radius 1 is 0.864 bits per heavy atom. The van der Waals surface area contributed by atoms with Crippen molar-refractivity contribution in [3.63, 3.8) is 0 Å². The zero-order chi connectivity index (χ0) is 31.4. The Bertz CT molecular complexity index is 1950. The molecule has 0 unspecified atom stereocenters. The number of nitrogens with zero attached hydrogens (tertiary/aromatic N) is 3. The van der Waals surface area contributed by atoms with Crippen LogP contribution in [-0.2, 0) is 16.6 Å². The highest BCUT2D eigenvalue weighted by molar-refractivity contribution is 7.92. The molecule has 0 spiro atoms. The van der Waals surface area contributed by atoms with Gasteiger partial charge >= 0.3 is 0 Å². The molecule has 0 atom stereocenters. The van der Waals surface area contributed by atoms with Crippen LogP contribution in [0.5, 0.6) is 0 Å². The summed E-state index contributed by atoms with van der Waals surface area (Å²) in [6, 6.07) is 30.4. The molecule has 0 saturated heterocycles. The minimum atomic E-state index is -4.06. The quantitative estimate of drug-likeness (QED) is 0.136. The molecule has 7 nitrogen and oxygen atoms in total. The molecular weight excluding hydrogens is 592 g/mol. The van der Waals surface area contributed by atoms with Gasteiger partial charge in [-0.3, -0.25) is 9.10 Å². The summed E-state index contributed by atoms with van der Waals surface area (Å²) in [4.78, 5) is 13.6. The van der Waals surface area contributed by atoms with E-state index in [2.05, 4.69) is 34.2 Å². The Labute approximate surface area is 263 Å². The molecule has 1 amide bonds. The molecule has 0 radical (unpaired) electrons. The second-order valence-electron chi connectivity index (χ2n) is 10.7. The lowest BCUT2D eigenvalue weighted by Gasteiger charge is -2.26. The highest BCUT2D eigenvalue weighted by Crippen LogP contribution is 2.30. The fraction of sp³-hybridized carbons (Fsp3) is 0.143. The van der Waals surface area contributed by atoms with E-state index in [-0.39, 0.29) is 22.7 Å². The molecule has 1 aromatic heterocycles. The van der Waals surface area contributed by atoms with Crippen LogP contribution >= 0.6 is 11.6 Å². The lowest BCUT2D eigenvalue weighted by Crippen LogP contribution is -2.33. The van der Waals surface area contributed by atoms with E-state index in [0.29, 0.717) is 10.6 Å². The van der Waals surface area contributed by atoms with Crippen molar-refractivity contribution >= 4 is 39.4 Å². The molecule has 9 heteroatoms. The van der Waals surface area contributed by atoms with E-state index in [4.69, 9.17) is 11.6 Å². The first-order valence-corrected chi connectivity index (χ1v) is 15.9. The molecule has 4 aromatic carbocycles. The van der Waals surface area contributed by atoms with Crippen molar-refractivity contribution in [2.75, 3.05) is 4.31 Å². The van der Waals surface area contributed by atoms with Crippen LogP contribution in [0, 0.1) is 27.7 Å². The van der Waals surface area contributed by atoms with Crippen molar-refractivity contribution in [2.45, 2.75) is 39.1 Å². The first-order valence-electron chi connectivity index (χ1n) is 14.1. The number of carbonyl (C=O) groups excluding carboxylic acids is 1. The molecule has 5 aromatic rings. The third kappa shape index (κ3) is 6.61.